The van der Waals surface area contributed by atoms with E-state index in [2.05, 4.69) is 12.2 Å². The minimum atomic E-state index is -0.610. The van der Waals surface area contributed by atoms with Crippen molar-refractivity contribution in [3.8, 4) is 0 Å². The number of halogens is 2. The summed E-state index contributed by atoms with van der Waals surface area (Å²) in [5, 5.41) is 12.5. The Morgan fingerprint density at radius 1 is 1.41 bits per heavy atom. The van der Waals surface area contributed by atoms with Gasteiger partial charge < -0.3 is 10.4 Å². The third kappa shape index (κ3) is 7.85. The van der Waals surface area contributed by atoms with Gasteiger partial charge >= 0.3 is 5.97 Å². The van der Waals surface area contributed by atoms with Crippen molar-refractivity contribution < 1.29 is 9.90 Å². The van der Waals surface area contributed by atoms with Crippen molar-refractivity contribution in [2.45, 2.75) is 57.9 Å². The van der Waals surface area contributed by atoms with Crippen molar-refractivity contribution in [2.24, 2.45) is 5.92 Å². The van der Waals surface area contributed by atoms with Crippen molar-refractivity contribution in [3.63, 3.8) is 0 Å². The molecule has 2 N–H and O–H groups in total. The summed E-state index contributed by atoms with van der Waals surface area (Å²) in [5.41, 5.74) is 0. The summed E-state index contributed by atoms with van der Waals surface area (Å²) in [7, 11) is 0. The van der Waals surface area contributed by atoms with Gasteiger partial charge in [0, 0.05) is 6.04 Å². The lowest BCUT2D eigenvalue weighted by Crippen LogP contribution is -2.23. The molecule has 0 saturated carbocycles. The number of hydrogen-bond acceptors (Lipinski definition) is 2. The molecular formula is C12H25Cl2NO2. The second-order valence-electron chi connectivity index (χ2n) is 4.55. The summed E-state index contributed by atoms with van der Waals surface area (Å²) in [6.07, 6.45) is 7.31. The molecule has 1 saturated heterocycles. The van der Waals surface area contributed by atoms with Crippen molar-refractivity contribution in [1.29, 1.82) is 0 Å². The van der Waals surface area contributed by atoms with Gasteiger partial charge in [0.15, 0.2) is 0 Å². The van der Waals surface area contributed by atoms with Crippen molar-refractivity contribution in [3.05, 3.63) is 0 Å². The van der Waals surface area contributed by atoms with Crippen molar-refractivity contribution in [2.75, 3.05) is 6.54 Å². The highest BCUT2D eigenvalue weighted by Crippen LogP contribution is 2.19. The van der Waals surface area contributed by atoms with E-state index in [9.17, 15) is 4.79 Å². The highest BCUT2D eigenvalue weighted by molar-refractivity contribution is 5.85. The molecule has 0 aromatic carbocycles. The molecule has 1 heterocycles. The molecule has 0 radical (unpaired) electrons. The molecule has 0 aromatic rings. The molecule has 0 aromatic heterocycles. The van der Waals surface area contributed by atoms with E-state index in [1.807, 2.05) is 0 Å². The zero-order chi connectivity index (χ0) is 11.1. The van der Waals surface area contributed by atoms with Gasteiger partial charge in [0.05, 0.1) is 5.92 Å². The van der Waals surface area contributed by atoms with Crippen LogP contribution >= 0.6 is 24.8 Å². The Morgan fingerprint density at radius 3 is 2.59 bits per heavy atom. The molecule has 0 bridgehead atoms. The van der Waals surface area contributed by atoms with E-state index in [0.717, 1.165) is 38.6 Å². The Bertz CT molecular complexity index is 197. The summed E-state index contributed by atoms with van der Waals surface area (Å²) in [6.45, 7) is 3.22. The second-order valence-corrected chi connectivity index (χ2v) is 4.55. The van der Waals surface area contributed by atoms with E-state index in [-0.39, 0.29) is 30.7 Å². The number of carboxylic acid groups (broad SMARTS) is 1. The van der Waals surface area contributed by atoms with Gasteiger partial charge in [-0.05, 0) is 38.6 Å². The van der Waals surface area contributed by atoms with Gasteiger partial charge in [-0.15, -0.1) is 24.8 Å². The molecule has 0 amide bonds. The normalized spacial score (nSPS) is 20.2. The highest BCUT2D eigenvalue weighted by Gasteiger charge is 2.20. The summed E-state index contributed by atoms with van der Waals surface area (Å²) in [4.78, 5) is 11.0. The van der Waals surface area contributed by atoms with Crippen molar-refractivity contribution >= 4 is 30.8 Å². The lowest BCUT2D eigenvalue weighted by Gasteiger charge is -2.15. The molecule has 1 aliphatic heterocycles. The first kappa shape index (κ1) is 19.4. The quantitative estimate of drug-likeness (QED) is 0.755. The Hall–Kier alpha value is 0.01000. The smallest absolute Gasteiger partial charge is 0.306 e. The van der Waals surface area contributed by atoms with Gasteiger partial charge in [-0.3, -0.25) is 4.79 Å². The largest absolute Gasteiger partial charge is 0.481 e. The topological polar surface area (TPSA) is 49.3 Å². The van der Waals surface area contributed by atoms with Gasteiger partial charge in [-0.1, -0.05) is 19.8 Å². The van der Waals surface area contributed by atoms with Crippen LogP contribution in [0, 0.1) is 5.92 Å². The van der Waals surface area contributed by atoms with E-state index < -0.39 is 5.97 Å². The number of carbonyl (C=O) groups is 1. The zero-order valence-electron chi connectivity index (χ0n) is 10.5. The minimum Gasteiger partial charge on any atom is -0.481 e. The first-order valence-electron chi connectivity index (χ1n) is 6.20. The Labute approximate surface area is 117 Å². The summed E-state index contributed by atoms with van der Waals surface area (Å²) in [5.74, 6) is -0.728. The van der Waals surface area contributed by atoms with E-state index in [4.69, 9.17) is 5.11 Å². The number of unbranched alkanes of at least 4 members (excludes halogenated alkanes) is 1. The fourth-order valence-corrected chi connectivity index (χ4v) is 2.25. The first-order valence-corrected chi connectivity index (χ1v) is 6.20. The average molecular weight is 286 g/mol. The minimum absolute atomic E-state index is 0. The SMILES string of the molecule is CCCCC(CC[C@H]1CCCN1)C(=O)O.Cl.Cl. The molecule has 1 fully saturated rings. The maximum Gasteiger partial charge on any atom is 0.306 e. The lowest BCUT2D eigenvalue weighted by atomic mass is 9.94. The maximum absolute atomic E-state index is 11.0. The molecular weight excluding hydrogens is 261 g/mol. The molecule has 3 nitrogen and oxygen atoms in total. The molecule has 1 aliphatic rings. The fraction of sp³-hybridized carbons (Fsp3) is 0.917. The molecule has 2 atom stereocenters. The maximum atomic E-state index is 11.0. The number of aliphatic carboxylic acids is 1. The van der Waals surface area contributed by atoms with E-state index >= 15 is 0 Å². The molecule has 1 rings (SSSR count). The predicted molar refractivity (Wildman–Crippen MR) is 75.4 cm³/mol. The van der Waals surface area contributed by atoms with E-state index in [1.165, 1.54) is 12.8 Å². The van der Waals surface area contributed by atoms with Crippen LogP contribution in [-0.4, -0.2) is 23.7 Å². The Balaban J connectivity index is 0. The van der Waals surface area contributed by atoms with Crippen LogP contribution in [0.3, 0.4) is 0 Å². The third-order valence-electron chi connectivity index (χ3n) is 3.28. The highest BCUT2D eigenvalue weighted by atomic mass is 35.5. The second kappa shape index (κ2) is 11.1. The molecule has 5 heteroatoms. The standard InChI is InChI=1S/C12H23NO2.2ClH/c1-2-3-5-10(12(14)15)7-8-11-6-4-9-13-11;;/h10-11,13H,2-9H2,1H3,(H,14,15);2*1H/t10?,11-;;/m1../s1. The van der Waals surface area contributed by atoms with Crippen LogP contribution in [0.2, 0.25) is 0 Å². The summed E-state index contributed by atoms with van der Waals surface area (Å²) < 4.78 is 0. The van der Waals surface area contributed by atoms with Crippen LogP contribution in [0.4, 0.5) is 0 Å². The van der Waals surface area contributed by atoms with Crippen LogP contribution in [0.1, 0.15) is 51.9 Å². The fourth-order valence-electron chi connectivity index (χ4n) is 2.25. The van der Waals surface area contributed by atoms with Gasteiger partial charge in [0.25, 0.3) is 0 Å². The van der Waals surface area contributed by atoms with E-state index in [1.54, 1.807) is 0 Å². The molecule has 0 aliphatic carbocycles. The average Bonchev–Trinajstić information content (AvgIpc) is 2.70. The molecule has 104 valence electrons. The van der Waals surface area contributed by atoms with Crippen molar-refractivity contribution in [1.82, 2.24) is 5.32 Å². The van der Waals surface area contributed by atoms with Crippen LogP contribution in [-0.2, 0) is 4.79 Å². The lowest BCUT2D eigenvalue weighted by molar-refractivity contribution is -0.142. The first-order chi connectivity index (χ1) is 7.24. The van der Waals surface area contributed by atoms with Crippen LogP contribution < -0.4 is 5.32 Å². The van der Waals surface area contributed by atoms with Crippen LogP contribution in [0.5, 0.6) is 0 Å². The molecule has 0 spiro atoms. The number of carboxylic acids is 1. The van der Waals surface area contributed by atoms with Gasteiger partial charge in [-0.25, -0.2) is 0 Å². The predicted octanol–water partition coefficient (Wildman–Crippen LogP) is 3.25. The Morgan fingerprint density at radius 2 is 2.12 bits per heavy atom. The number of hydrogen-bond donors (Lipinski definition) is 2. The van der Waals surface area contributed by atoms with Gasteiger partial charge in [0.1, 0.15) is 0 Å². The van der Waals surface area contributed by atoms with Gasteiger partial charge in [-0.2, -0.15) is 0 Å². The zero-order valence-corrected chi connectivity index (χ0v) is 12.1. The van der Waals surface area contributed by atoms with Crippen LogP contribution in [0.15, 0.2) is 0 Å². The summed E-state index contributed by atoms with van der Waals surface area (Å²) in [6, 6.07) is 0.577. The third-order valence-corrected chi connectivity index (χ3v) is 3.28. The number of nitrogens with one attached hydrogen (secondary N) is 1. The Kier molecular flexibility index (Phi) is 12.7. The number of rotatable bonds is 7. The molecule has 17 heavy (non-hydrogen) atoms. The van der Waals surface area contributed by atoms with Gasteiger partial charge in [0.2, 0.25) is 0 Å². The summed E-state index contributed by atoms with van der Waals surface area (Å²) >= 11 is 0. The van der Waals surface area contributed by atoms with Crippen LogP contribution in [0.25, 0.3) is 0 Å². The molecule has 1 unspecified atom stereocenters. The van der Waals surface area contributed by atoms with E-state index in [0.29, 0.717) is 6.04 Å². The monoisotopic (exact) mass is 285 g/mol.